The smallest absolute Gasteiger partial charge is 0.344 e. The molecule has 1 N–H and O–H groups in total. The molecule has 142 valence electrons. The Morgan fingerprint density at radius 2 is 1.93 bits per heavy atom. The van der Waals surface area contributed by atoms with Gasteiger partial charge in [0.25, 0.3) is 5.88 Å². The third-order valence-corrected chi connectivity index (χ3v) is 5.22. The minimum atomic E-state index is -1.21. The second-order valence-electron chi connectivity index (χ2n) is 6.90. The van der Waals surface area contributed by atoms with Crippen LogP contribution in [-0.4, -0.2) is 34.2 Å². The topological polar surface area (TPSA) is 110 Å². The minimum absolute atomic E-state index is 0.0281. The van der Waals surface area contributed by atoms with Gasteiger partial charge in [-0.05, 0) is 31.0 Å². The number of aromatic nitrogens is 1. The van der Waals surface area contributed by atoms with Gasteiger partial charge < -0.3 is 14.4 Å². The van der Waals surface area contributed by atoms with Crippen LogP contribution in [0.4, 0.5) is 10.1 Å². The fourth-order valence-corrected chi connectivity index (χ4v) is 3.80. The number of carbonyl (C=O) groups is 3. The number of carboxylic acid groups (broad SMARTS) is 1. The molecule has 1 aliphatic heterocycles. The number of carboxylic acids is 1. The SMILES string of the molecule is CC(Oc1noc2cc(F)c(N3C(=O)C4CCCCC4C3=O)cc12)C(=O)O. The molecule has 8 nitrogen and oxygen atoms in total. The summed E-state index contributed by atoms with van der Waals surface area (Å²) in [6.07, 6.45) is 1.77. The third-order valence-electron chi connectivity index (χ3n) is 5.22. The Labute approximate surface area is 152 Å². The van der Waals surface area contributed by atoms with Crippen molar-refractivity contribution in [2.24, 2.45) is 11.8 Å². The summed E-state index contributed by atoms with van der Waals surface area (Å²) in [5.41, 5.74) is -0.164. The van der Waals surface area contributed by atoms with Gasteiger partial charge in [-0.25, -0.2) is 14.1 Å². The predicted octanol–water partition coefficient (Wildman–Crippen LogP) is 2.50. The van der Waals surface area contributed by atoms with Gasteiger partial charge in [-0.2, -0.15) is 0 Å². The maximum atomic E-state index is 14.6. The van der Waals surface area contributed by atoms with Crippen LogP contribution in [0, 0.1) is 17.7 Å². The van der Waals surface area contributed by atoms with E-state index in [9.17, 15) is 18.8 Å². The van der Waals surface area contributed by atoms with Gasteiger partial charge >= 0.3 is 5.97 Å². The molecule has 4 rings (SSSR count). The van der Waals surface area contributed by atoms with Crippen molar-refractivity contribution in [2.45, 2.75) is 38.7 Å². The Kier molecular flexibility index (Phi) is 4.09. The van der Waals surface area contributed by atoms with E-state index in [0.29, 0.717) is 12.8 Å². The Morgan fingerprint density at radius 1 is 1.30 bits per heavy atom. The number of imide groups is 1. The van der Waals surface area contributed by atoms with Gasteiger partial charge in [0.1, 0.15) is 0 Å². The number of benzene rings is 1. The highest BCUT2D eigenvalue weighted by atomic mass is 19.1. The molecule has 2 amide bonds. The van der Waals surface area contributed by atoms with Crippen molar-refractivity contribution in [3.8, 4) is 5.88 Å². The fourth-order valence-electron chi connectivity index (χ4n) is 3.80. The fraction of sp³-hybridized carbons (Fsp3) is 0.444. The molecule has 0 bridgehead atoms. The number of rotatable bonds is 4. The molecular weight excluding hydrogens is 359 g/mol. The van der Waals surface area contributed by atoms with Gasteiger partial charge in [0.15, 0.2) is 17.5 Å². The van der Waals surface area contributed by atoms with E-state index in [0.717, 1.165) is 23.8 Å². The van der Waals surface area contributed by atoms with E-state index in [1.165, 1.54) is 13.0 Å². The summed E-state index contributed by atoms with van der Waals surface area (Å²) < 4.78 is 24.8. The van der Waals surface area contributed by atoms with Crippen molar-refractivity contribution < 1.29 is 33.1 Å². The van der Waals surface area contributed by atoms with Crippen molar-refractivity contribution in [2.75, 3.05) is 4.90 Å². The molecule has 1 aliphatic carbocycles. The summed E-state index contributed by atoms with van der Waals surface area (Å²) in [5.74, 6) is -3.77. The molecule has 1 aromatic carbocycles. The monoisotopic (exact) mass is 376 g/mol. The number of ether oxygens (including phenoxy) is 1. The van der Waals surface area contributed by atoms with Gasteiger partial charge in [-0.1, -0.05) is 12.8 Å². The van der Waals surface area contributed by atoms with Gasteiger partial charge in [-0.15, -0.1) is 0 Å². The summed E-state index contributed by atoms with van der Waals surface area (Å²) in [5, 5.41) is 12.8. The van der Waals surface area contributed by atoms with Crippen LogP contribution in [0.2, 0.25) is 0 Å². The first-order chi connectivity index (χ1) is 12.9. The standard InChI is InChI=1S/C18H17FN2O6/c1-8(18(24)25)26-15-11-6-13(12(19)7-14(11)27-20-15)21-16(22)9-4-2-3-5-10(9)17(21)23/h6-10H,2-5H2,1H3,(H,24,25). The van der Waals surface area contributed by atoms with Crippen LogP contribution >= 0.6 is 0 Å². The highest BCUT2D eigenvalue weighted by molar-refractivity contribution is 6.22. The average Bonchev–Trinajstić information content (AvgIpc) is 3.13. The maximum Gasteiger partial charge on any atom is 0.344 e. The molecule has 2 fully saturated rings. The van der Waals surface area contributed by atoms with Crippen LogP contribution in [0.3, 0.4) is 0 Å². The summed E-state index contributed by atoms with van der Waals surface area (Å²) >= 11 is 0. The van der Waals surface area contributed by atoms with Crippen LogP contribution in [0.1, 0.15) is 32.6 Å². The van der Waals surface area contributed by atoms with Gasteiger partial charge in [0.05, 0.1) is 22.9 Å². The normalized spacial score (nSPS) is 23.6. The summed E-state index contributed by atoms with van der Waals surface area (Å²) in [7, 11) is 0. The molecule has 1 saturated carbocycles. The van der Waals surface area contributed by atoms with E-state index < -0.39 is 41.5 Å². The number of aliphatic carboxylic acids is 1. The van der Waals surface area contributed by atoms with Crippen molar-refractivity contribution in [1.29, 1.82) is 0 Å². The largest absolute Gasteiger partial charge is 0.479 e. The molecular formula is C18H17FN2O6. The molecule has 0 spiro atoms. The molecule has 0 radical (unpaired) electrons. The predicted molar refractivity (Wildman–Crippen MR) is 89.6 cm³/mol. The molecule has 2 heterocycles. The van der Waals surface area contributed by atoms with Crippen molar-refractivity contribution in [1.82, 2.24) is 5.16 Å². The quantitative estimate of drug-likeness (QED) is 0.816. The Bertz CT molecular complexity index is 931. The van der Waals surface area contributed by atoms with Crippen LogP contribution in [0.15, 0.2) is 16.7 Å². The number of amides is 2. The first-order valence-corrected chi connectivity index (χ1v) is 8.74. The number of anilines is 1. The van der Waals surface area contributed by atoms with E-state index in [1.807, 2.05) is 0 Å². The zero-order valence-electron chi connectivity index (χ0n) is 14.5. The molecule has 2 aliphatic rings. The molecule has 3 unspecified atom stereocenters. The lowest BCUT2D eigenvalue weighted by Gasteiger charge is -2.19. The Hall–Kier alpha value is -2.97. The Balaban J connectivity index is 1.75. The zero-order chi connectivity index (χ0) is 19.3. The van der Waals surface area contributed by atoms with Crippen molar-refractivity contribution in [3.05, 3.63) is 17.9 Å². The summed E-state index contributed by atoms with van der Waals surface area (Å²) in [6.45, 7) is 1.31. The molecule has 3 atom stereocenters. The molecule has 9 heteroatoms. The van der Waals surface area contributed by atoms with Crippen LogP contribution in [-0.2, 0) is 14.4 Å². The lowest BCUT2D eigenvalue weighted by molar-refractivity contribution is -0.144. The first kappa shape index (κ1) is 17.4. The van der Waals surface area contributed by atoms with Crippen LogP contribution in [0.25, 0.3) is 11.0 Å². The van der Waals surface area contributed by atoms with Crippen molar-refractivity contribution in [3.63, 3.8) is 0 Å². The first-order valence-electron chi connectivity index (χ1n) is 8.74. The van der Waals surface area contributed by atoms with Gasteiger partial charge in [-0.3, -0.25) is 9.59 Å². The highest BCUT2D eigenvalue weighted by Crippen LogP contribution is 2.42. The Morgan fingerprint density at radius 3 is 2.52 bits per heavy atom. The average molecular weight is 376 g/mol. The number of fused-ring (bicyclic) bond motifs is 2. The van der Waals surface area contributed by atoms with Crippen molar-refractivity contribution >= 4 is 34.4 Å². The summed E-state index contributed by atoms with van der Waals surface area (Å²) in [4.78, 5) is 37.3. The molecule has 1 aromatic heterocycles. The lowest BCUT2D eigenvalue weighted by atomic mass is 9.81. The highest BCUT2D eigenvalue weighted by Gasteiger charge is 2.49. The number of halogens is 1. The molecule has 1 saturated heterocycles. The van der Waals surface area contributed by atoms with Crippen LogP contribution < -0.4 is 9.64 Å². The maximum absolute atomic E-state index is 14.6. The van der Waals surface area contributed by atoms with Gasteiger partial charge in [0, 0.05) is 6.07 Å². The summed E-state index contributed by atoms with van der Waals surface area (Å²) in [6, 6.07) is 2.26. The number of hydrogen-bond acceptors (Lipinski definition) is 6. The second-order valence-corrected chi connectivity index (χ2v) is 6.90. The number of hydrogen-bond donors (Lipinski definition) is 1. The minimum Gasteiger partial charge on any atom is -0.479 e. The third kappa shape index (κ3) is 2.73. The number of nitrogens with zero attached hydrogens (tertiary/aromatic N) is 2. The van der Waals surface area contributed by atoms with E-state index in [1.54, 1.807) is 0 Å². The van der Waals surface area contributed by atoms with Gasteiger partial charge in [0.2, 0.25) is 11.8 Å². The zero-order valence-corrected chi connectivity index (χ0v) is 14.5. The van der Waals surface area contributed by atoms with E-state index in [-0.39, 0.29) is 22.5 Å². The van der Waals surface area contributed by atoms with Crippen LogP contribution in [0.5, 0.6) is 5.88 Å². The number of carbonyl (C=O) groups excluding carboxylic acids is 2. The van der Waals surface area contributed by atoms with E-state index >= 15 is 0 Å². The molecule has 27 heavy (non-hydrogen) atoms. The second kappa shape index (κ2) is 6.33. The van der Waals surface area contributed by atoms with E-state index in [2.05, 4.69) is 5.16 Å². The van der Waals surface area contributed by atoms with E-state index in [4.69, 9.17) is 14.4 Å². The lowest BCUT2D eigenvalue weighted by Crippen LogP contribution is -2.31. The molecule has 2 aromatic rings.